The number of benzene rings is 1. The van der Waals surface area contributed by atoms with Gasteiger partial charge in [-0.25, -0.2) is 4.79 Å². The Morgan fingerprint density at radius 3 is 2.10 bits per heavy atom. The molecule has 2 atom stereocenters. The van der Waals surface area contributed by atoms with Crippen LogP contribution in [-0.4, -0.2) is 83.8 Å². The first-order valence-corrected chi connectivity index (χ1v) is 9.63. The second-order valence-electron chi connectivity index (χ2n) is 8.73. The Morgan fingerprint density at radius 2 is 1.62 bits per heavy atom. The van der Waals surface area contributed by atoms with Crippen molar-refractivity contribution in [3.8, 4) is 0 Å². The van der Waals surface area contributed by atoms with E-state index in [1.54, 1.807) is 64.0 Å². The van der Waals surface area contributed by atoms with Crippen LogP contribution >= 0.6 is 0 Å². The van der Waals surface area contributed by atoms with Crippen LogP contribution in [0, 0.1) is 5.92 Å². The Labute approximate surface area is 170 Å². The number of ketones is 1. The number of hydrogen-bond acceptors (Lipinski definition) is 6. The van der Waals surface area contributed by atoms with E-state index in [1.807, 2.05) is 0 Å². The zero-order valence-electron chi connectivity index (χ0n) is 17.5. The van der Waals surface area contributed by atoms with Crippen molar-refractivity contribution in [2.75, 3.05) is 33.7 Å². The quantitative estimate of drug-likeness (QED) is 0.716. The summed E-state index contributed by atoms with van der Waals surface area (Å²) in [5, 5.41) is 0. The first-order valence-electron chi connectivity index (χ1n) is 9.63. The third kappa shape index (κ3) is 4.17. The Kier molecular flexibility index (Phi) is 5.49. The molecule has 2 aliphatic rings. The summed E-state index contributed by atoms with van der Waals surface area (Å²) in [5.41, 5.74) is 0.0207. The first-order chi connectivity index (χ1) is 13.5. The van der Waals surface area contributed by atoms with Crippen molar-refractivity contribution in [2.24, 2.45) is 5.92 Å². The Bertz CT molecular complexity index is 823. The van der Waals surface area contributed by atoms with Crippen LogP contribution in [0.4, 0.5) is 4.79 Å². The lowest BCUT2D eigenvalue weighted by Gasteiger charge is -2.40. The van der Waals surface area contributed by atoms with Gasteiger partial charge >= 0.3 is 6.09 Å². The number of carbonyl (C=O) groups excluding carboxylic acids is 4. The van der Waals surface area contributed by atoms with Crippen LogP contribution in [0.25, 0.3) is 0 Å². The second kappa shape index (κ2) is 7.59. The highest BCUT2D eigenvalue weighted by atomic mass is 16.6. The zero-order chi connectivity index (χ0) is 21.5. The standard InChI is InChI=1S/C21H27N3O5/c1-21(2,3)29-20(28)23-10-13(17(25)16(12-23)22(4)5)11-24-18(26)14-8-6-7-9-15(14)19(24)27/h6-9,13,16H,10-12H2,1-5H3. The summed E-state index contributed by atoms with van der Waals surface area (Å²) in [5.74, 6) is -1.58. The average Bonchev–Trinajstić information content (AvgIpc) is 2.86. The Morgan fingerprint density at radius 1 is 1.07 bits per heavy atom. The van der Waals surface area contributed by atoms with Gasteiger partial charge in [-0.1, -0.05) is 12.1 Å². The van der Waals surface area contributed by atoms with Crippen molar-refractivity contribution in [2.45, 2.75) is 32.4 Å². The predicted octanol–water partition coefficient (Wildman–Crippen LogP) is 1.65. The van der Waals surface area contributed by atoms with Gasteiger partial charge in [0.25, 0.3) is 11.8 Å². The molecule has 0 radical (unpaired) electrons. The SMILES string of the molecule is CN(C)C1CN(C(=O)OC(C)(C)C)CC(CN2C(=O)c3ccccc3C2=O)C1=O. The van der Waals surface area contributed by atoms with Gasteiger partial charge < -0.3 is 9.64 Å². The molecule has 1 aromatic rings. The number of likely N-dealkylation sites (tertiary alicyclic amines) is 1. The molecule has 1 fully saturated rings. The van der Waals surface area contributed by atoms with Crippen molar-refractivity contribution in [1.82, 2.24) is 14.7 Å². The minimum absolute atomic E-state index is 0.0607. The van der Waals surface area contributed by atoms with E-state index in [4.69, 9.17) is 4.74 Å². The smallest absolute Gasteiger partial charge is 0.410 e. The number of nitrogens with zero attached hydrogens (tertiary/aromatic N) is 3. The monoisotopic (exact) mass is 401 g/mol. The number of ether oxygens (including phenoxy) is 1. The van der Waals surface area contributed by atoms with Crippen LogP contribution in [0.1, 0.15) is 41.5 Å². The number of piperidine rings is 1. The largest absolute Gasteiger partial charge is 0.444 e. The van der Waals surface area contributed by atoms with Gasteiger partial charge in [0.05, 0.1) is 23.1 Å². The van der Waals surface area contributed by atoms with E-state index in [9.17, 15) is 19.2 Å². The molecule has 1 aromatic carbocycles. The van der Waals surface area contributed by atoms with Gasteiger partial charge in [-0.15, -0.1) is 0 Å². The molecule has 8 nitrogen and oxygen atoms in total. The summed E-state index contributed by atoms with van der Waals surface area (Å²) in [6, 6.07) is 6.08. The fourth-order valence-corrected chi connectivity index (χ4v) is 3.67. The van der Waals surface area contributed by atoms with Gasteiger partial charge in [0, 0.05) is 19.6 Å². The fourth-order valence-electron chi connectivity index (χ4n) is 3.67. The lowest BCUT2D eigenvalue weighted by Crippen LogP contribution is -2.59. The van der Waals surface area contributed by atoms with Crippen molar-refractivity contribution in [3.63, 3.8) is 0 Å². The Hall–Kier alpha value is -2.74. The van der Waals surface area contributed by atoms with Crippen LogP contribution < -0.4 is 0 Å². The molecule has 0 saturated carbocycles. The normalized spacial score (nSPS) is 22.3. The highest BCUT2D eigenvalue weighted by Crippen LogP contribution is 2.26. The molecule has 0 N–H and O–H groups in total. The zero-order valence-corrected chi connectivity index (χ0v) is 17.5. The van der Waals surface area contributed by atoms with Gasteiger partial charge in [-0.2, -0.15) is 0 Å². The molecule has 0 aromatic heterocycles. The maximum atomic E-state index is 13.0. The van der Waals surface area contributed by atoms with Crippen molar-refractivity contribution in [1.29, 1.82) is 0 Å². The van der Waals surface area contributed by atoms with E-state index < -0.39 is 35.5 Å². The lowest BCUT2D eigenvalue weighted by atomic mass is 9.91. The van der Waals surface area contributed by atoms with Crippen molar-refractivity contribution < 1.29 is 23.9 Å². The molecular formula is C21H27N3O5. The highest BCUT2D eigenvalue weighted by molar-refractivity contribution is 6.21. The molecule has 0 spiro atoms. The van der Waals surface area contributed by atoms with Gasteiger partial charge in [-0.05, 0) is 47.0 Å². The first kappa shape index (κ1) is 21.0. The van der Waals surface area contributed by atoms with Crippen LogP contribution in [0.15, 0.2) is 24.3 Å². The predicted molar refractivity (Wildman–Crippen MR) is 106 cm³/mol. The number of likely N-dealkylation sites (N-methyl/N-ethyl adjacent to an activating group) is 1. The number of amides is 3. The maximum absolute atomic E-state index is 13.0. The van der Waals surface area contributed by atoms with Gasteiger partial charge in [-0.3, -0.25) is 24.2 Å². The number of hydrogen-bond donors (Lipinski definition) is 0. The molecule has 1 saturated heterocycles. The topological polar surface area (TPSA) is 87.2 Å². The summed E-state index contributed by atoms with van der Waals surface area (Å²) >= 11 is 0. The van der Waals surface area contributed by atoms with Gasteiger partial charge in [0.1, 0.15) is 5.60 Å². The van der Waals surface area contributed by atoms with Crippen LogP contribution in [0.2, 0.25) is 0 Å². The third-order valence-electron chi connectivity index (χ3n) is 5.12. The number of Topliss-reactive ketones (excluding diaryl/α,β-unsaturated/α-hetero) is 1. The molecule has 2 heterocycles. The Balaban J connectivity index is 1.82. The molecule has 8 heteroatoms. The maximum Gasteiger partial charge on any atom is 0.410 e. The average molecular weight is 401 g/mol. The van der Waals surface area contributed by atoms with Gasteiger partial charge in [0.2, 0.25) is 0 Å². The van der Waals surface area contributed by atoms with Gasteiger partial charge in [0.15, 0.2) is 5.78 Å². The van der Waals surface area contributed by atoms with Crippen molar-refractivity contribution >= 4 is 23.7 Å². The van der Waals surface area contributed by atoms with Crippen LogP contribution in [0.3, 0.4) is 0 Å². The summed E-state index contributed by atoms with van der Waals surface area (Å²) in [6.07, 6.45) is -0.510. The summed E-state index contributed by atoms with van der Waals surface area (Å²) < 4.78 is 5.46. The van der Waals surface area contributed by atoms with E-state index in [1.165, 1.54) is 4.90 Å². The second-order valence-corrected chi connectivity index (χ2v) is 8.73. The van der Waals surface area contributed by atoms with E-state index in [0.717, 1.165) is 4.90 Å². The lowest BCUT2D eigenvalue weighted by molar-refractivity contribution is -0.132. The highest BCUT2D eigenvalue weighted by Gasteiger charge is 2.43. The van der Waals surface area contributed by atoms with Crippen molar-refractivity contribution in [3.05, 3.63) is 35.4 Å². The van der Waals surface area contributed by atoms with E-state index >= 15 is 0 Å². The number of fused-ring (bicyclic) bond motifs is 1. The summed E-state index contributed by atoms with van der Waals surface area (Å²) in [6.45, 7) is 5.58. The molecule has 2 unspecified atom stereocenters. The minimum atomic E-state index is -0.675. The van der Waals surface area contributed by atoms with E-state index in [-0.39, 0.29) is 25.4 Å². The number of rotatable bonds is 3. The fraction of sp³-hybridized carbons (Fsp3) is 0.524. The van der Waals surface area contributed by atoms with Crippen LogP contribution in [-0.2, 0) is 9.53 Å². The third-order valence-corrected chi connectivity index (χ3v) is 5.12. The molecule has 156 valence electrons. The number of carbonyl (C=O) groups is 4. The van der Waals surface area contributed by atoms with Crippen LogP contribution in [0.5, 0.6) is 0 Å². The summed E-state index contributed by atoms with van der Waals surface area (Å²) in [7, 11) is 3.53. The summed E-state index contributed by atoms with van der Waals surface area (Å²) in [4.78, 5) is 55.3. The molecule has 29 heavy (non-hydrogen) atoms. The van der Waals surface area contributed by atoms with E-state index in [0.29, 0.717) is 11.1 Å². The molecule has 0 aliphatic carbocycles. The molecule has 3 rings (SSSR count). The number of imide groups is 1. The molecule has 2 aliphatic heterocycles. The minimum Gasteiger partial charge on any atom is -0.444 e. The molecule has 0 bridgehead atoms. The molecular weight excluding hydrogens is 374 g/mol. The van der Waals surface area contributed by atoms with E-state index in [2.05, 4.69) is 0 Å². The molecule has 3 amide bonds.